The molecule has 1 aromatic carbocycles. The Labute approximate surface area is 138 Å². The highest BCUT2D eigenvalue weighted by Crippen LogP contribution is 2.24. The van der Waals surface area contributed by atoms with Gasteiger partial charge in [0.15, 0.2) is 5.43 Å². The predicted molar refractivity (Wildman–Crippen MR) is 87.8 cm³/mol. The lowest BCUT2D eigenvalue weighted by molar-refractivity contribution is -0.0228. The van der Waals surface area contributed by atoms with Crippen molar-refractivity contribution >= 4 is 17.5 Å². The number of pyridine rings is 1. The van der Waals surface area contributed by atoms with Gasteiger partial charge in [0.05, 0.1) is 13.2 Å². The molecule has 3 rings (SSSR count). The normalized spacial score (nSPS) is 18.0. The van der Waals surface area contributed by atoms with Gasteiger partial charge in [0.25, 0.3) is 5.91 Å². The Balaban J connectivity index is 1.79. The first-order valence-electron chi connectivity index (χ1n) is 7.40. The Morgan fingerprint density at radius 1 is 1.35 bits per heavy atom. The fourth-order valence-corrected chi connectivity index (χ4v) is 2.75. The first-order valence-corrected chi connectivity index (χ1v) is 7.78. The summed E-state index contributed by atoms with van der Waals surface area (Å²) in [6.07, 6.45) is 1.27. The molecule has 23 heavy (non-hydrogen) atoms. The predicted octanol–water partition coefficient (Wildman–Crippen LogP) is 2.55. The summed E-state index contributed by atoms with van der Waals surface area (Å²) >= 11 is 5.90. The molecular formula is C17H17ClN2O3. The second kappa shape index (κ2) is 6.56. The topological polar surface area (TPSA) is 62.4 Å². The summed E-state index contributed by atoms with van der Waals surface area (Å²) in [5.74, 6) is -0.270. The third-order valence-corrected chi connectivity index (χ3v) is 4.14. The fourth-order valence-electron chi connectivity index (χ4n) is 2.62. The first kappa shape index (κ1) is 15.8. The number of aryl methyl sites for hydroxylation is 1. The molecule has 0 unspecified atom stereocenters. The first-order chi connectivity index (χ1) is 11.0. The van der Waals surface area contributed by atoms with Crippen LogP contribution in [0.15, 0.2) is 41.3 Å². The summed E-state index contributed by atoms with van der Waals surface area (Å²) in [5.41, 5.74) is 1.59. The van der Waals surface area contributed by atoms with Gasteiger partial charge in [-0.05, 0) is 24.6 Å². The van der Waals surface area contributed by atoms with Gasteiger partial charge in [0.2, 0.25) is 0 Å². The number of rotatable bonds is 2. The van der Waals surface area contributed by atoms with E-state index in [1.165, 1.54) is 12.3 Å². The number of carbonyl (C=O) groups is 1. The van der Waals surface area contributed by atoms with E-state index < -0.39 is 0 Å². The molecule has 1 fully saturated rings. The van der Waals surface area contributed by atoms with Crippen molar-refractivity contribution in [1.29, 1.82) is 0 Å². The SMILES string of the molecule is Cc1cc(=O)c(C(=O)N2CCO[C@@H](c3ccc(Cl)cc3)C2)c[nH]1. The van der Waals surface area contributed by atoms with Crippen LogP contribution in [0, 0.1) is 6.92 Å². The number of H-pyrrole nitrogens is 1. The van der Waals surface area contributed by atoms with Crippen molar-refractivity contribution in [1.82, 2.24) is 9.88 Å². The Morgan fingerprint density at radius 2 is 2.09 bits per heavy atom. The molecule has 1 aliphatic rings. The number of ether oxygens (including phenoxy) is 1. The molecule has 0 radical (unpaired) electrons. The zero-order valence-corrected chi connectivity index (χ0v) is 13.5. The second-order valence-corrected chi connectivity index (χ2v) is 5.99. The van der Waals surface area contributed by atoms with Crippen LogP contribution in [-0.2, 0) is 4.74 Å². The van der Waals surface area contributed by atoms with Crippen molar-refractivity contribution in [3.63, 3.8) is 0 Å². The van der Waals surface area contributed by atoms with Crippen LogP contribution in [0.1, 0.15) is 27.7 Å². The highest BCUT2D eigenvalue weighted by atomic mass is 35.5. The van der Waals surface area contributed by atoms with Crippen LogP contribution in [0.4, 0.5) is 0 Å². The number of aromatic nitrogens is 1. The minimum absolute atomic E-state index is 0.160. The zero-order valence-electron chi connectivity index (χ0n) is 12.7. The summed E-state index contributed by atoms with van der Waals surface area (Å²) in [6.45, 7) is 3.09. The largest absolute Gasteiger partial charge is 0.370 e. The molecule has 1 aromatic heterocycles. The van der Waals surface area contributed by atoms with Crippen molar-refractivity contribution in [3.05, 3.63) is 68.6 Å². The van der Waals surface area contributed by atoms with Crippen LogP contribution in [0.2, 0.25) is 5.02 Å². The van der Waals surface area contributed by atoms with E-state index in [0.717, 1.165) is 11.3 Å². The summed E-state index contributed by atoms with van der Waals surface area (Å²) < 4.78 is 5.75. The van der Waals surface area contributed by atoms with Crippen molar-refractivity contribution in [2.45, 2.75) is 13.0 Å². The van der Waals surface area contributed by atoms with Gasteiger partial charge in [-0.3, -0.25) is 9.59 Å². The molecule has 0 aliphatic carbocycles. The highest BCUT2D eigenvalue weighted by Gasteiger charge is 2.27. The van der Waals surface area contributed by atoms with E-state index >= 15 is 0 Å². The zero-order chi connectivity index (χ0) is 16.4. The Morgan fingerprint density at radius 3 is 2.78 bits per heavy atom. The summed E-state index contributed by atoms with van der Waals surface area (Å²) in [5, 5.41) is 0.656. The summed E-state index contributed by atoms with van der Waals surface area (Å²) in [6, 6.07) is 8.81. The van der Waals surface area contributed by atoms with E-state index in [-0.39, 0.29) is 23.0 Å². The molecule has 1 aliphatic heterocycles. The molecule has 1 N–H and O–H groups in total. The molecule has 2 aromatic rings. The van der Waals surface area contributed by atoms with E-state index in [1.54, 1.807) is 24.0 Å². The van der Waals surface area contributed by atoms with Crippen LogP contribution in [-0.4, -0.2) is 35.5 Å². The van der Waals surface area contributed by atoms with Crippen molar-refractivity contribution in [2.75, 3.05) is 19.7 Å². The lowest BCUT2D eigenvalue weighted by Crippen LogP contribution is -2.43. The number of halogens is 1. The van der Waals surface area contributed by atoms with Gasteiger partial charge in [-0.25, -0.2) is 0 Å². The third kappa shape index (κ3) is 3.46. The maximum Gasteiger partial charge on any atom is 0.259 e. The lowest BCUT2D eigenvalue weighted by Gasteiger charge is -2.33. The van der Waals surface area contributed by atoms with Crippen LogP contribution >= 0.6 is 11.6 Å². The van der Waals surface area contributed by atoms with E-state index in [9.17, 15) is 9.59 Å². The van der Waals surface area contributed by atoms with E-state index in [0.29, 0.717) is 24.7 Å². The van der Waals surface area contributed by atoms with Crippen molar-refractivity contribution in [3.8, 4) is 0 Å². The maximum atomic E-state index is 12.6. The number of aromatic amines is 1. The number of nitrogens with one attached hydrogen (secondary N) is 1. The summed E-state index contributed by atoms with van der Waals surface area (Å²) in [7, 11) is 0. The molecule has 6 heteroatoms. The molecule has 0 bridgehead atoms. The number of hydrogen-bond donors (Lipinski definition) is 1. The van der Waals surface area contributed by atoms with Crippen molar-refractivity contribution < 1.29 is 9.53 Å². The average Bonchev–Trinajstić information content (AvgIpc) is 2.55. The Hall–Kier alpha value is -2.11. The Kier molecular flexibility index (Phi) is 4.50. The number of morpholine rings is 1. The highest BCUT2D eigenvalue weighted by molar-refractivity contribution is 6.30. The van der Waals surface area contributed by atoms with Gasteiger partial charge in [-0.2, -0.15) is 0 Å². The van der Waals surface area contributed by atoms with Gasteiger partial charge < -0.3 is 14.6 Å². The molecule has 120 valence electrons. The number of benzene rings is 1. The maximum absolute atomic E-state index is 12.6. The van der Waals surface area contributed by atoms with Gasteiger partial charge in [-0.1, -0.05) is 23.7 Å². The Bertz CT molecular complexity index is 770. The second-order valence-electron chi connectivity index (χ2n) is 5.56. The number of hydrogen-bond acceptors (Lipinski definition) is 3. The lowest BCUT2D eigenvalue weighted by atomic mass is 10.1. The number of carbonyl (C=O) groups excluding carboxylic acids is 1. The minimum Gasteiger partial charge on any atom is -0.370 e. The van der Waals surface area contributed by atoms with Crippen LogP contribution in [0.25, 0.3) is 0 Å². The minimum atomic E-state index is -0.270. The van der Waals surface area contributed by atoms with E-state index in [4.69, 9.17) is 16.3 Å². The van der Waals surface area contributed by atoms with Gasteiger partial charge in [-0.15, -0.1) is 0 Å². The molecule has 2 heterocycles. The molecule has 0 spiro atoms. The standard InChI is InChI=1S/C17H17ClN2O3/c1-11-8-15(21)14(9-19-11)17(22)20-6-7-23-16(10-20)12-2-4-13(18)5-3-12/h2-5,8-9,16H,6-7,10H2,1H3,(H,19,21)/t16-/m1/s1. The number of nitrogens with zero attached hydrogens (tertiary/aromatic N) is 1. The molecular weight excluding hydrogens is 316 g/mol. The van der Waals surface area contributed by atoms with E-state index in [2.05, 4.69) is 4.98 Å². The monoisotopic (exact) mass is 332 g/mol. The average molecular weight is 333 g/mol. The smallest absolute Gasteiger partial charge is 0.259 e. The van der Waals surface area contributed by atoms with E-state index in [1.807, 2.05) is 12.1 Å². The van der Waals surface area contributed by atoms with Gasteiger partial charge in [0, 0.05) is 29.5 Å². The van der Waals surface area contributed by atoms with Gasteiger partial charge >= 0.3 is 0 Å². The quantitative estimate of drug-likeness (QED) is 0.919. The van der Waals surface area contributed by atoms with Crippen LogP contribution in [0.3, 0.4) is 0 Å². The molecule has 1 atom stereocenters. The van der Waals surface area contributed by atoms with Gasteiger partial charge in [0.1, 0.15) is 11.7 Å². The van der Waals surface area contributed by atoms with Crippen LogP contribution in [0.5, 0.6) is 0 Å². The molecule has 5 nitrogen and oxygen atoms in total. The third-order valence-electron chi connectivity index (χ3n) is 3.88. The number of amides is 1. The molecule has 1 amide bonds. The molecule has 0 saturated carbocycles. The molecule has 1 saturated heterocycles. The summed E-state index contributed by atoms with van der Waals surface area (Å²) in [4.78, 5) is 29.2. The van der Waals surface area contributed by atoms with Crippen LogP contribution < -0.4 is 5.43 Å². The fraction of sp³-hybridized carbons (Fsp3) is 0.294. The van der Waals surface area contributed by atoms with Crippen molar-refractivity contribution in [2.24, 2.45) is 0 Å².